The number of rotatable bonds is 4. The van der Waals surface area contributed by atoms with Crippen LogP contribution in [-0.4, -0.2) is 40.2 Å². The van der Waals surface area contributed by atoms with Crippen molar-refractivity contribution in [2.24, 2.45) is 11.3 Å². The highest BCUT2D eigenvalue weighted by Crippen LogP contribution is 2.28. The SMILES string of the molecule is CC(C)(C)C(=O)Nc1ccnn1C1CCN(CC2CC=CCC2)CC1. The number of piperidine rings is 1. The van der Waals surface area contributed by atoms with Crippen LogP contribution in [0.15, 0.2) is 24.4 Å². The molecule has 0 saturated carbocycles. The summed E-state index contributed by atoms with van der Waals surface area (Å²) in [4.78, 5) is 14.9. The Bertz CT molecular complexity index is 605. The predicted octanol–water partition coefficient (Wildman–Crippen LogP) is 3.86. The maximum absolute atomic E-state index is 12.3. The van der Waals surface area contributed by atoms with Crippen LogP contribution in [0.4, 0.5) is 5.82 Å². The van der Waals surface area contributed by atoms with E-state index in [1.807, 2.05) is 31.5 Å². The first kappa shape index (κ1) is 18.2. The molecule has 1 atom stereocenters. The summed E-state index contributed by atoms with van der Waals surface area (Å²) in [6.07, 6.45) is 12.5. The average Bonchev–Trinajstić information content (AvgIpc) is 3.04. The minimum atomic E-state index is -0.396. The number of amides is 1. The summed E-state index contributed by atoms with van der Waals surface area (Å²) in [5.74, 6) is 1.70. The number of hydrogen-bond donors (Lipinski definition) is 1. The molecule has 1 aliphatic heterocycles. The first-order valence-corrected chi connectivity index (χ1v) is 9.66. The highest BCUT2D eigenvalue weighted by Gasteiger charge is 2.27. The molecule has 2 heterocycles. The van der Waals surface area contributed by atoms with Gasteiger partial charge in [-0.1, -0.05) is 32.9 Å². The molecule has 1 amide bonds. The molecule has 25 heavy (non-hydrogen) atoms. The molecule has 138 valence electrons. The molecule has 1 unspecified atom stereocenters. The second-order valence-electron chi connectivity index (χ2n) is 8.55. The molecule has 0 spiro atoms. The Morgan fingerprint density at radius 3 is 2.64 bits per heavy atom. The predicted molar refractivity (Wildman–Crippen MR) is 102 cm³/mol. The molecule has 1 saturated heterocycles. The van der Waals surface area contributed by atoms with Crippen LogP contribution in [-0.2, 0) is 4.79 Å². The minimum absolute atomic E-state index is 0.0389. The van der Waals surface area contributed by atoms with Crippen LogP contribution in [0.25, 0.3) is 0 Å². The van der Waals surface area contributed by atoms with Crippen molar-refractivity contribution >= 4 is 11.7 Å². The number of nitrogens with zero attached hydrogens (tertiary/aromatic N) is 3. The van der Waals surface area contributed by atoms with E-state index in [-0.39, 0.29) is 5.91 Å². The van der Waals surface area contributed by atoms with Gasteiger partial charge in [-0.3, -0.25) is 4.79 Å². The van der Waals surface area contributed by atoms with Gasteiger partial charge in [0.25, 0.3) is 0 Å². The quantitative estimate of drug-likeness (QED) is 0.844. The molecule has 1 aromatic rings. The Morgan fingerprint density at radius 2 is 2.00 bits per heavy atom. The number of nitrogens with one attached hydrogen (secondary N) is 1. The van der Waals surface area contributed by atoms with Crippen molar-refractivity contribution in [3.05, 3.63) is 24.4 Å². The van der Waals surface area contributed by atoms with Crippen molar-refractivity contribution in [1.29, 1.82) is 0 Å². The first-order chi connectivity index (χ1) is 11.9. The zero-order chi connectivity index (χ0) is 17.9. The average molecular weight is 345 g/mol. The van der Waals surface area contributed by atoms with Crippen LogP contribution in [0.1, 0.15) is 58.9 Å². The molecule has 5 heteroatoms. The van der Waals surface area contributed by atoms with Crippen LogP contribution in [0, 0.1) is 11.3 Å². The molecular weight excluding hydrogens is 312 g/mol. The number of allylic oxidation sites excluding steroid dienone is 2. The summed E-state index contributed by atoms with van der Waals surface area (Å²) in [5.41, 5.74) is -0.396. The lowest BCUT2D eigenvalue weighted by atomic mass is 9.93. The lowest BCUT2D eigenvalue weighted by Gasteiger charge is -2.35. The van der Waals surface area contributed by atoms with Crippen LogP contribution in [0.3, 0.4) is 0 Å². The van der Waals surface area contributed by atoms with E-state index in [0.717, 1.165) is 37.7 Å². The van der Waals surface area contributed by atoms with E-state index in [9.17, 15) is 4.79 Å². The molecule has 5 nitrogen and oxygen atoms in total. The molecule has 3 rings (SSSR count). The third-order valence-corrected chi connectivity index (χ3v) is 5.39. The van der Waals surface area contributed by atoms with E-state index >= 15 is 0 Å². The Labute approximate surface area is 151 Å². The fourth-order valence-corrected chi connectivity index (χ4v) is 3.74. The Kier molecular flexibility index (Phi) is 5.62. The van der Waals surface area contributed by atoms with E-state index in [4.69, 9.17) is 0 Å². The Balaban J connectivity index is 1.54. The zero-order valence-electron chi connectivity index (χ0n) is 15.9. The van der Waals surface area contributed by atoms with Gasteiger partial charge >= 0.3 is 0 Å². The second-order valence-corrected chi connectivity index (χ2v) is 8.55. The van der Waals surface area contributed by atoms with Crippen LogP contribution in [0.5, 0.6) is 0 Å². The highest BCUT2D eigenvalue weighted by atomic mass is 16.2. The van der Waals surface area contributed by atoms with Crippen molar-refractivity contribution in [2.45, 2.75) is 58.9 Å². The van der Waals surface area contributed by atoms with Gasteiger partial charge < -0.3 is 10.2 Å². The summed E-state index contributed by atoms with van der Waals surface area (Å²) < 4.78 is 2.02. The fourth-order valence-electron chi connectivity index (χ4n) is 3.74. The number of carbonyl (C=O) groups is 1. The van der Waals surface area contributed by atoms with E-state index in [1.165, 1.54) is 25.8 Å². The maximum atomic E-state index is 12.3. The van der Waals surface area contributed by atoms with Gasteiger partial charge in [0.2, 0.25) is 5.91 Å². The number of anilines is 1. The molecule has 1 aliphatic carbocycles. The smallest absolute Gasteiger partial charge is 0.230 e. The molecule has 0 aromatic carbocycles. The third kappa shape index (κ3) is 4.72. The number of likely N-dealkylation sites (tertiary alicyclic amines) is 1. The molecular formula is C20H32N4O. The van der Waals surface area contributed by atoms with E-state index in [2.05, 4.69) is 27.5 Å². The number of carbonyl (C=O) groups excluding carboxylic acids is 1. The van der Waals surface area contributed by atoms with Gasteiger partial charge in [0, 0.05) is 31.1 Å². The summed E-state index contributed by atoms with van der Waals surface area (Å²) in [6.45, 7) is 9.27. The van der Waals surface area contributed by atoms with E-state index in [1.54, 1.807) is 6.20 Å². The molecule has 1 fully saturated rings. The second kappa shape index (κ2) is 7.73. The number of hydrogen-bond acceptors (Lipinski definition) is 3. The Morgan fingerprint density at radius 1 is 1.24 bits per heavy atom. The van der Waals surface area contributed by atoms with Gasteiger partial charge in [0.05, 0.1) is 12.2 Å². The van der Waals surface area contributed by atoms with Gasteiger partial charge in [-0.05, 0) is 38.0 Å². The van der Waals surface area contributed by atoms with Crippen molar-refractivity contribution in [3.8, 4) is 0 Å². The first-order valence-electron chi connectivity index (χ1n) is 9.66. The van der Waals surface area contributed by atoms with E-state index < -0.39 is 5.41 Å². The van der Waals surface area contributed by atoms with Crippen LogP contribution in [0.2, 0.25) is 0 Å². The lowest BCUT2D eigenvalue weighted by Crippen LogP contribution is -2.38. The maximum Gasteiger partial charge on any atom is 0.230 e. The van der Waals surface area contributed by atoms with Gasteiger partial charge in [-0.2, -0.15) is 5.10 Å². The zero-order valence-corrected chi connectivity index (χ0v) is 15.9. The van der Waals surface area contributed by atoms with Crippen molar-refractivity contribution in [2.75, 3.05) is 25.0 Å². The summed E-state index contributed by atoms with van der Waals surface area (Å²) in [6, 6.07) is 2.29. The minimum Gasteiger partial charge on any atom is -0.310 e. The summed E-state index contributed by atoms with van der Waals surface area (Å²) in [5, 5.41) is 7.53. The third-order valence-electron chi connectivity index (χ3n) is 5.39. The van der Waals surface area contributed by atoms with Crippen molar-refractivity contribution in [3.63, 3.8) is 0 Å². The molecule has 0 bridgehead atoms. The van der Waals surface area contributed by atoms with Crippen LogP contribution >= 0.6 is 0 Å². The molecule has 1 N–H and O–H groups in total. The van der Waals surface area contributed by atoms with Gasteiger partial charge in [0.1, 0.15) is 5.82 Å². The standard InChI is InChI=1S/C20H32N4O/c1-20(2,3)19(25)22-18-9-12-21-24(18)17-10-13-23(14-11-17)15-16-7-5-4-6-8-16/h4-5,9,12,16-17H,6-8,10-11,13-15H2,1-3H3,(H,22,25). The van der Waals surface area contributed by atoms with Crippen molar-refractivity contribution in [1.82, 2.24) is 14.7 Å². The molecule has 0 radical (unpaired) electrons. The van der Waals surface area contributed by atoms with Crippen LogP contribution < -0.4 is 5.32 Å². The van der Waals surface area contributed by atoms with E-state index in [0.29, 0.717) is 6.04 Å². The molecule has 1 aromatic heterocycles. The number of aromatic nitrogens is 2. The fraction of sp³-hybridized carbons (Fsp3) is 0.700. The van der Waals surface area contributed by atoms with Crippen molar-refractivity contribution < 1.29 is 4.79 Å². The Hall–Kier alpha value is -1.62. The highest BCUT2D eigenvalue weighted by molar-refractivity contribution is 5.93. The topological polar surface area (TPSA) is 50.2 Å². The lowest BCUT2D eigenvalue weighted by molar-refractivity contribution is -0.123. The van der Waals surface area contributed by atoms with Gasteiger partial charge in [0.15, 0.2) is 0 Å². The largest absolute Gasteiger partial charge is 0.310 e. The monoisotopic (exact) mass is 344 g/mol. The summed E-state index contributed by atoms with van der Waals surface area (Å²) >= 11 is 0. The summed E-state index contributed by atoms with van der Waals surface area (Å²) in [7, 11) is 0. The van der Waals surface area contributed by atoms with Gasteiger partial charge in [-0.25, -0.2) is 4.68 Å². The van der Waals surface area contributed by atoms with Gasteiger partial charge in [-0.15, -0.1) is 0 Å². The molecule has 2 aliphatic rings. The normalized spacial score (nSPS) is 22.9.